The van der Waals surface area contributed by atoms with Gasteiger partial charge in [-0.15, -0.1) is 0 Å². The fraction of sp³-hybridized carbons (Fsp3) is 0.583. The number of carbonyl (C=O) groups excluding carboxylic acids is 1. The minimum atomic E-state index is -4.04. The lowest BCUT2D eigenvalue weighted by molar-refractivity contribution is 0.0280. The average molecular weight is 493 g/mol. The summed E-state index contributed by atoms with van der Waals surface area (Å²) in [5, 5.41) is 15.3. The third kappa shape index (κ3) is 6.17. The Balaban J connectivity index is 2.12. The van der Waals surface area contributed by atoms with Gasteiger partial charge in [-0.3, -0.25) is 14.2 Å². The molecule has 188 valence electrons. The lowest BCUT2D eigenvalue weighted by Crippen LogP contribution is -2.31. The second-order valence-electron chi connectivity index (χ2n) is 10.8. The van der Waals surface area contributed by atoms with Gasteiger partial charge in [-0.25, -0.2) is 13.6 Å². The first-order valence-corrected chi connectivity index (χ1v) is 13.0. The van der Waals surface area contributed by atoms with Crippen molar-refractivity contribution in [3.63, 3.8) is 0 Å². The van der Waals surface area contributed by atoms with Crippen LogP contribution in [0.2, 0.25) is 0 Å². The predicted octanol–water partition coefficient (Wildman–Crippen LogP) is 2.46. The molecule has 1 aliphatic rings. The van der Waals surface area contributed by atoms with E-state index in [-0.39, 0.29) is 28.2 Å². The van der Waals surface area contributed by atoms with E-state index in [0.29, 0.717) is 11.4 Å². The van der Waals surface area contributed by atoms with Crippen molar-refractivity contribution in [3.8, 4) is 5.75 Å². The highest BCUT2D eigenvalue weighted by atomic mass is 32.2. The normalized spacial score (nSPS) is 15.9. The number of ether oxygens (including phenoxy) is 1. The number of sulfonamides is 1. The lowest BCUT2D eigenvalue weighted by Gasteiger charge is -2.27. The second kappa shape index (κ2) is 9.31. The fourth-order valence-corrected chi connectivity index (χ4v) is 4.44. The van der Waals surface area contributed by atoms with Gasteiger partial charge in [0.2, 0.25) is 10.0 Å². The predicted molar refractivity (Wildman–Crippen MR) is 129 cm³/mol. The molecule has 0 saturated heterocycles. The number of benzene rings is 1. The van der Waals surface area contributed by atoms with Crippen LogP contribution in [0.25, 0.3) is 0 Å². The van der Waals surface area contributed by atoms with Crippen LogP contribution in [0.3, 0.4) is 0 Å². The van der Waals surface area contributed by atoms with Gasteiger partial charge in [0.15, 0.2) is 5.49 Å². The molecule has 3 rings (SSSR count). The molecule has 0 unspecified atom stereocenters. The van der Waals surface area contributed by atoms with E-state index in [1.165, 1.54) is 24.6 Å². The molecule has 1 heterocycles. The van der Waals surface area contributed by atoms with Crippen LogP contribution in [0.15, 0.2) is 34.2 Å². The summed E-state index contributed by atoms with van der Waals surface area (Å²) in [6, 6.07) is 5.70. The molecule has 1 aromatic heterocycles. The van der Waals surface area contributed by atoms with E-state index in [1.54, 1.807) is 13.8 Å². The molecular formula is C24H36N4O5S. The summed E-state index contributed by atoms with van der Waals surface area (Å²) < 4.78 is 33.5. The molecule has 34 heavy (non-hydrogen) atoms. The smallest absolute Gasteiger partial charge is 0.282 e. The van der Waals surface area contributed by atoms with E-state index >= 15 is 0 Å². The Morgan fingerprint density at radius 3 is 2.35 bits per heavy atom. The van der Waals surface area contributed by atoms with Crippen molar-refractivity contribution in [1.29, 1.82) is 0 Å². The SMILES string of the molecule is Cn1c(C(C)(C)C)c/c(=N\C(=O)c2cc(S(N)(=O)=O)ccc2OCC(C)(C)O)n1CC1CCC1. The second-order valence-corrected chi connectivity index (χ2v) is 12.3. The molecule has 10 heteroatoms. The zero-order chi connectivity index (χ0) is 25.5. The average Bonchev–Trinajstić information content (AvgIpc) is 2.97. The molecule has 0 radical (unpaired) electrons. The van der Waals surface area contributed by atoms with Crippen molar-refractivity contribution in [1.82, 2.24) is 9.36 Å². The quantitative estimate of drug-likeness (QED) is 0.613. The van der Waals surface area contributed by atoms with Crippen LogP contribution < -0.4 is 15.4 Å². The number of primary sulfonamides is 1. The van der Waals surface area contributed by atoms with Gasteiger partial charge in [0.1, 0.15) is 12.4 Å². The number of rotatable bonds is 7. The Bertz CT molecular complexity index is 1240. The van der Waals surface area contributed by atoms with E-state index in [2.05, 4.69) is 25.8 Å². The molecule has 1 amide bonds. The molecule has 1 aromatic carbocycles. The Labute approximate surface area is 201 Å². The van der Waals surface area contributed by atoms with Crippen molar-refractivity contribution in [2.24, 2.45) is 23.1 Å². The molecule has 2 aromatic rings. The van der Waals surface area contributed by atoms with Crippen molar-refractivity contribution in [2.45, 2.75) is 76.3 Å². The number of amides is 1. The van der Waals surface area contributed by atoms with Crippen LogP contribution in [-0.2, 0) is 29.0 Å². The third-order valence-electron chi connectivity index (χ3n) is 5.97. The molecule has 0 aliphatic heterocycles. The van der Waals surface area contributed by atoms with Gasteiger partial charge < -0.3 is 9.84 Å². The van der Waals surface area contributed by atoms with Crippen LogP contribution in [0.4, 0.5) is 0 Å². The summed E-state index contributed by atoms with van der Waals surface area (Å²) >= 11 is 0. The molecule has 0 spiro atoms. The first kappa shape index (κ1) is 26.2. The largest absolute Gasteiger partial charge is 0.490 e. The summed E-state index contributed by atoms with van der Waals surface area (Å²) in [5.74, 6) is 0.0114. The van der Waals surface area contributed by atoms with Crippen molar-refractivity contribution in [2.75, 3.05) is 6.61 Å². The number of hydrogen-bond acceptors (Lipinski definition) is 5. The molecule has 9 nitrogen and oxygen atoms in total. The summed E-state index contributed by atoms with van der Waals surface area (Å²) in [6.45, 7) is 10.1. The highest BCUT2D eigenvalue weighted by Crippen LogP contribution is 2.29. The number of nitrogens with two attached hydrogens (primary N) is 1. The van der Waals surface area contributed by atoms with Gasteiger partial charge in [0.05, 0.1) is 16.1 Å². The van der Waals surface area contributed by atoms with Crippen molar-refractivity contribution >= 4 is 15.9 Å². The Hall–Kier alpha value is -2.43. The Morgan fingerprint density at radius 1 is 1.21 bits per heavy atom. The van der Waals surface area contributed by atoms with Crippen LogP contribution in [0, 0.1) is 5.92 Å². The lowest BCUT2D eigenvalue weighted by atomic mass is 9.85. The topological polar surface area (TPSA) is 129 Å². The molecule has 1 fully saturated rings. The van der Waals surface area contributed by atoms with Crippen LogP contribution in [0.1, 0.15) is 69.9 Å². The Morgan fingerprint density at radius 2 is 1.85 bits per heavy atom. The summed E-state index contributed by atoms with van der Waals surface area (Å²) in [5.41, 5.74) is 0.172. The molecule has 1 aliphatic carbocycles. The van der Waals surface area contributed by atoms with Gasteiger partial charge in [-0.05, 0) is 50.8 Å². The van der Waals surface area contributed by atoms with Crippen molar-refractivity contribution < 1.29 is 23.1 Å². The van der Waals surface area contributed by atoms with Gasteiger partial charge in [0.25, 0.3) is 5.91 Å². The van der Waals surface area contributed by atoms with Crippen LogP contribution >= 0.6 is 0 Å². The number of aromatic nitrogens is 2. The summed E-state index contributed by atoms with van der Waals surface area (Å²) in [4.78, 5) is 17.5. The minimum absolute atomic E-state index is 0.0351. The van der Waals surface area contributed by atoms with Crippen molar-refractivity contribution in [3.05, 3.63) is 41.0 Å². The van der Waals surface area contributed by atoms with E-state index in [9.17, 15) is 18.3 Å². The highest BCUT2D eigenvalue weighted by molar-refractivity contribution is 7.89. The number of aliphatic hydroxyl groups is 1. The number of nitrogens with zero attached hydrogens (tertiary/aromatic N) is 3. The maximum atomic E-state index is 13.4. The van der Waals surface area contributed by atoms with E-state index in [1.807, 2.05) is 22.5 Å². The fourth-order valence-electron chi connectivity index (χ4n) is 3.90. The molecular weight excluding hydrogens is 456 g/mol. The van der Waals surface area contributed by atoms with Gasteiger partial charge in [-0.2, -0.15) is 4.99 Å². The monoisotopic (exact) mass is 492 g/mol. The zero-order valence-electron chi connectivity index (χ0n) is 20.8. The van der Waals surface area contributed by atoms with Crippen LogP contribution in [-0.4, -0.2) is 41.0 Å². The van der Waals surface area contributed by atoms with Gasteiger partial charge in [0, 0.05) is 30.8 Å². The summed E-state index contributed by atoms with van der Waals surface area (Å²) in [7, 11) is -2.08. The van der Waals surface area contributed by atoms with E-state index in [4.69, 9.17) is 9.88 Å². The van der Waals surface area contributed by atoms with Gasteiger partial charge >= 0.3 is 0 Å². The standard InChI is InChI=1S/C24H36N4O5S/c1-23(2,3)20-13-21(28(27(20)6)14-16-8-7-9-16)26-22(29)18-12-17(34(25,31)32)10-11-19(18)33-15-24(4,5)30/h10-13,16,30H,7-9,14-15H2,1-6H3,(H2,25,31,32)/b26-21+. The first-order chi connectivity index (χ1) is 15.6. The molecule has 0 atom stereocenters. The number of hydrogen-bond donors (Lipinski definition) is 2. The maximum absolute atomic E-state index is 13.4. The number of carbonyl (C=O) groups is 1. The summed E-state index contributed by atoms with van der Waals surface area (Å²) in [6.07, 6.45) is 3.49. The molecule has 3 N–H and O–H groups in total. The molecule has 0 bridgehead atoms. The zero-order valence-corrected chi connectivity index (χ0v) is 21.6. The third-order valence-corrected chi connectivity index (χ3v) is 6.88. The Kier molecular flexibility index (Phi) is 7.17. The maximum Gasteiger partial charge on any atom is 0.282 e. The van der Waals surface area contributed by atoms with E-state index in [0.717, 1.165) is 25.1 Å². The van der Waals surface area contributed by atoms with Gasteiger partial charge in [-0.1, -0.05) is 27.2 Å². The minimum Gasteiger partial charge on any atom is -0.490 e. The van der Waals surface area contributed by atoms with E-state index < -0.39 is 21.5 Å². The highest BCUT2D eigenvalue weighted by Gasteiger charge is 2.25. The van der Waals surface area contributed by atoms with Crippen LogP contribution in [0.5, 0.6) is 5.75 Å². The first-order valence-electron chi connectivity index (χ1n) is 11.4. The molecule has 1 saturated carbocycles.